The van der Waals surface area contributed by atoms with E-state index >= 15 is 0 Å². The van der Waals surface area contributed by atoms with Crippen LogP contribution in [0.25, 0.3) is 0 Å². The lowest BCUT2D eigenvalue weighted by molar-refractivity contribution is -0.138. The second-order valence-corrected chi connectivity index (χ2v) is 7.37. The number of likely N-dealkylation sites (tertiary alicyclic amines) is 3. The van der Waals surface area contributed by atoms with E-state index < -0.39 is 18.1 Å². The molecule has 0 aliphatic carbocycles. The van der Waals surface area contributed by atoms with Gasteiger partial charge in [-0.3, -0.25) is 19.4 Å². The maximum absolute atomic E-state index is 12.8. The van der Waals surface area contributed by atoms with E-state index in [4.69, 9.17) is 11.0 Å². The zero-order valence-electron chi connectivity index (χ0n) is 15.3. The maximum atomic E-state index is 12.8. The molecule has 0 aromatic carbocycles. The number of piperazine rings is 1. The van der Waals surface area contributed by atoms with Crippen LogP contribution in [0.4, 0.5) is 0 Å². The van der Waals surface area contributed by atoms with E-state index in [0.29, 0.717) is 25.9 Å². The molecule has 3 saturated heterocycles. The molecule has 0 radical (unpaired) electrons. The molecule has 28 heavy (non-hydrogen) atoms. The summed E-state index contributed by atoms with van der Waals surface area (Å²) in [6.07, 6.45) is 6.26. The number of rotatable bonds is 4. The van der Waals surface area contributed by atoms with Crippen LogP contribution < -0.4 is 5.73 Å². The van der Waals surface area contributed by atoms with Crippen LogP contribution in [-0.2, 0) is 9.59 Å². The molecule has 3 aliphatic heterocycles. The van der Waals surface area contributed by atoms with Crippen LogP contribution in [0.1, 0.15) is 29.8 Å². The van der Waals surface area contributed by atoms with Gasteiger partial charge in [0.15, 0.2) is 0 Å². The van der Waals surface area contributed by atoms with E-state index in [1.807, 2.05) is 0 Å². The molecule has 0 saturated carbocycles. The Morgan fingerprint density at radius 1 is 1.36 bits per heavy atom. The number of nitriles is 1. The zero-order chi connectivity index (χ0) is 19.8. The highest BCUT2D eigenvalue weighted by molar-refractivity contribution is 5.98. The highest BCUT2D eigenvalue weighted by Crippen LogP contribution is 2.33. The van der Waals surface area contributed by atoms with Crippen molar-refractivity contribution < 1.29 is 14.4 Å². The summed E-state index contributed by atoms with van der Waals surface area (Å²) in [7, 11) is 0. The molecule has 1 aromatic rings. The van der Waals surface area contributed by atoms with Gasteiger partial charge in [0.25, 0.3) is 5.91 Å². The normalized spacial score (nSPS) is 27.2. The van der Waals surface area contributed by atoms with Gasteiger partial charge in [-0.05, 0) is 19.3 Å². The Labute approximate surface area is 161 Å². The van der Waals surface area contributed by atoms with Crippen LogP contribution >= 0.6 is 0 Å². The molecule has 3 aliphatic rings. The lowest BCUT2D eigenvalue weighted by atomic mass is 10.2. The fraction of sp³-hybridized carbons (Fsp3) is 0.556. The van der Waals surface area contributed by atoms with Gasteiger partial charge >= 0.3 is 0 Å². The minimum absolute atomic E-state index is 0.0979. The van der Waals surface area contributed by atoms with Crippen LogP contribution in [0.2, 0.25) is 0 Å². The number of aromatic nitrogens is 2. The summed E-state index contributed by atoms with van der Waals surface area (Å²) in [5, 5.41) is 9.16. The molecule has 3 amide bonds. The van der Waals surface area contributed by atoms with Gasteiger partial charge in [0, 0.05) is 32.0 Å². The first-order valence-electron chi connectivity index (χ1n) is 9.34. The van der Waals surface area contributed by atoms with E-state index in [-0.39, 0.29) is 36.0 Å². The summed E-state index contributed by atoms with van der Waals surface area (Å²) in [4.78, 5) is 50.5. The summed E-state index contributed by atoms with van der Waals surface area (Å²) in [6.45, 7) is 1.00. The number of hydrogen-bond donors (Lipinski definition) is 1. The zero-order valence-corrected chi connectivity index (χ0v) is 15.3. The Hall–Kier alpha value is -3.06. The Balaban J connectivity index is 1.40. The number of carbonyl (C=O) groups excluding carboxylic acids is 3. The van der Waals surface area contributed by atoms with E-state index in [9.17, 15) is 14.4 Å². The first-order valence-corrected chi connectivity index (χ1v) is 9.34. The van der Waals surface area contributed by atoms with Crippen molar-refractivity contribution in [3.63, 3.8) is 0 Å². The molecule has 4 atom stereocenters. The van der Waals surface area contributed by atoms with Gasteiger partial charge in [-0.25, -0.2) is 4.98 Å². The van der Waals surface area contributed by atoms with E-state index in [2.05, 4.69) is 16.0 Å². The maximum Gasteiger partial charge on any atom is 0.274 e. The number of fused-ring (bicyclic) bond motifs is 2. The van der Waals surface area contributed by atoms with Crippen molar-refractivity contribution in [3.8, 4) is 6.07 Å². The van der Waals surface area contributed by atoms with Crippen molar-refractivity contribution in [2.45, 2.75) is 43.4 Å². The molecule has 146 valence electrons. The molecule has 10 nitrogen and oxygen atoms in total. The van der Waals surface area contributed by atoms with Gasteiger partial charge in [-0.15, -0.1) is 0 Å². The summed E-state index contributed by atoms with van der Waals surface area (Å²) in [6, 6.07) is 0.0931. The molecule has 0 unspecified atom stereocenters. The van der Waals surface area contributed by atoms with Crippen LogP contribution in [0.3, 0.4) is 0 Å². The highest BCUT2D eigenvalue weighted by Gasteiger charge is 2.52. The Morgan fingerprint density at radius 2 is 2.18 bits per heavy atom. The Kier molecular flexibility index (Phi) is 4.68. The monoisotopic (exact) mass is 383 g/mol. The number of nitrogens with two attached hydrogens (primary N) is 1. The topological polar surface area (TPSA) is 137 Å². The quantitative estimate of drug-likeness (QED) is 0.685. The molecule has 2 N–H and O–H groups in total. The molecule has 10 heteroatoms. The molecular weight excluding hydrogens is 362 g/mol. The number of nitrogens with zero attached hydrogens (tertiary/aromatic N) is 6. The number of carbonyl (C=O) groups is 3. The summed E-state index contributed by atoms with van der Waals surface area (Å²) in [5.74, 6) is -0.815. The third-order valence-corrected chi connectivity index (χ3v) is 5.73. The van der Waals surface area contributed by atoms with E-state index in [1.165, 1.54) is 28.4 Å². The SMILES string of the molecule is N#C[C@@H]1CCCN1C(=O)[C@@H](N)CN1C(=O)[C@H]2C[C@@H]1CN2C(=O)c1cnccn1. The van der Waals surface area contributed by atoms with Gasteiger partial charge in [-0.2, -0.15) is 5.26 Å². The van der Waals surface area contributed by atoms with Crippen LogP contribution in [-0.4, -0.2) is 86.2 Å². The summed E-state index contributed by atoms with van der Waals surface area (Å²) in [5.41, 5.74) is 6.29. The van der Waals surface area contributed by atoms with Crippen molar-refractivity contribution in [1.29, 1.82) is 5.26 Å². The van der Waals surface area contributed by atoms with Crippen molar-refractivity contribution in [1.82, 2.24) is 24.7 Å². The predicted molar refractivity (Wildman–Crippen MR) is 95.3 cm³/mol. The Morgan fingerprint density at radius 3 is 2.86 bits per heavy atom. The second kappa shape index (κ2) is 7.16. The minimum Gasteiger partial charge on any atom is -0.334 e. The highest BCUT2D eigenvalue weighted by atomic mass is 16.2. The smallest absolute Gasteiger partial charge is 0.274 e. The average molecular weight is 383 g/mol. The molecule has 3 fully saturated rings. The van der Waals surface area contributed by atoms with Crippen molar-refractivity contribution >= 4 is 17.7 Å². The largest absolute Gasteiger partial charge is 0.334 e. The number of hydrogen-bond acceptors (Lipinski definition) is 7. The second-order valence-electron chi connectivity index (χ2n) is 7.37. The molecule has 4 heterocycles. The third kappa shape index (κ3) is 2.97. The Bertz CT molecular complexity index is 839. The van der Waals surface area contributed by atoms with Crippen LogP contribution in [0.5, 0.6) is 0 Å². The molecule has 2 bridgehead atoms. The first kappa shape index (κ1) is 18.3. The fourth-order valence-corrected chi connectivity index (χ4v) is 4.33. The minimum atomic E-state index is -0.874. The molecular formula is C18H21N7O3. The standard InChI is InChI=1S/C18H21N7O3/c19-7-11-2-1-5-23(11)16(26)13(20)10-24-12-6-15(18(24)28)25(9-12)17(27)14-8-21-3-4-22-14/h3-4,8,11-13,15H,1-2,5-6,9-10,20H2/t11-,12+,13-,15+/m0/s1. The van der Waals surface area contributed by atoms with Crippen molar-refractivity contribution in [2.24, 2.45) is 5.73 Å². The fourth-order valence-electron chi connectivity index (χ4n) is 4.33. The van der Waals surface area contributed by atoms with Crippen LogP contribution in [0, 0.1) is 11.3 Å². The average Bonchev–Trinajstić information content (AvgIpc) is 3.43. The lowest BCUT2D eigenvalue weighted by Crippen LogP contribution is -2.57. The lowest BCUT2D eigenvalue weighted by Gasteiger charge is -2.35. The van der Waals surface area contributed by atoms with E-state index in [1.54, 1.807) is 4.90 Å². The molecule has 4 rings (SSSR count). The van der Waals surface area contributed by atoms with Crippen molar-refractivity contribution in [3.05, 3.63) is 24.3 Å². The van der Waals surface area contributed by atoms with Gasteiger partial charge < -0.3 is 20.4 Å². The first-order chi connectivity index (χ1) is 13.5. The molecule has 1 aromatic heterocycles. The summed E-state index contributed by atoms with van der Waals surface area (Å²) < 4.78 is 0. The third-order valence-electron chi connectivity index (χ3n) is 5.73. The summed E-state index contributed by atoms with van der Waals surface area (Å²) >= 11 is 0. The van der Waals surface area contributed by atoms with Crippen LogP contribution in [0.15, 0.2) is 18.6 Å². The van der Waals surface area contributed by atoms with E-state index in [0.717, 1.165) is 6.42 Å². The van der Waals surface area contributed by atoms with Gasteiger partial charge in [-0.1, -0.05) is 0 Å². The van der Waals surface area contributed by atoms with Crippen molar-refractivity contribution in [2.75, 3.05) is 19.6 Å². The predicted octanol–water partition coefficient (Wildman–Crippen LogP) is -1.26. The number of amides is 3. The van der Waals surface area contributed by atoms with Gasteiger partial charge in [0.2, 0.25) is 11.8 Å². The van der Waals surface area contributed by atoms with Gasteiger partial charge in [0.1, 0.15) is 23.8 Å². The molecule has 0 spiro atoms. The van der Waals surface area contributed by atoms with Gasteiger partial charge in [0.05, 0.1) is 18.3 Å².